The van der Waals surface area contributed by atoms with Gasteiger partial charge in [-0.2, -0.15) is 0 Å². The lowest BCUT2D eigenvalue weighted by atomic mass is 10.1. The molecule has 0 saturated carbocycles. The number of amides is 2. The van der Waals surface area contributed by atoms with Gasteiger partial charge in [0.25, 0.3) is 0 Å². The first-order valence-electron chi connectivity index (χ1n) is 19.0. The predicted octanol–water partition coefficient (Wildman–Crippen LogP) is 8.42. The molecule has 0 aliphatic carbocycles. The third-order valence-electron chi connectivity index (χ3n) is 8.04. The summed E-state index contributed by atoms with van der Waals surface area (Å²) in [6.07, 6.45) is 38.7. The quantitative estimate of drug-likeness (QED) is 0.0308. The van der Waals surface area contributed by atoms with Gasteiger partial charge in [-0.1, -0.05) is 114 Å². The van der Waals surface area contributed by atoms with Crippen LogP contribution in [-0.4, -0.2) is 59.3 Å². The van der Waals surface area contributed by atoms with Crippen molar-refractivity contribution in [3.8, 4) is 0 Å². The summed E-state index contributed by atoms with van der Waals surface area (Å²) in [5, 5.41) is 22.5. The van der Waals surface area contributed by atoms with Crippen LogP contribution in [0.1, 0.15) is 155 Å². The van der Waals surface area contributed by atoms with Gasteiger partial charge in [0.05, 0.1) is 13.2 Å². The SMILES string of the molecule is CC/C=C\C/C=C\C/C=C\CCCCCCCC(=O)OC(/C=C\CCCCCCC)CCCCCCC(=O)NCC(=O)NC(CO)C(=O)O. The van der Waals surface area contributed by atoms with E-state index in [1.165, 1.54) is 38.5 Å². The number of unbranched alkanes of at least 4 members (excludes halogenated alkanes) is 13. The lowest BCUT2D eigenvalue weighted by Crippen LogP contribution is -2.47. The number of hydrogen-bond donors (Lipinski definition) is 4. The maximum atomic E-state index is 12.6. The third kappa shape index (κ3) is 31.8. The molecule has 0 aromatic carbocycles. The van der Waals surface area contributed by atoms with Crippen molar-refractivity contribution < 1.29 is 34.1 Å². The van der Waals surface area contributed by atoms with Crippen LogP contribution in [0, 0.1) is 0 Å². The average Bonchev–Trinajstić information content (AvgIpc) is 3.08. The fourth-order valence-electron chi connectivity index (χ4n) is 5.11. The Morgan fingerprint density at radius 2 is 1.22 bits per heavy atom. The normalized spacial score (nSPS) is 13.0. The Morgan fingerprint density at radius 1 is 0.653 bits per heavy atom. The van der Waals surface area contributed by atoms with Crippen LogP contribution in [0.4, 0.5) is 0 Å². The smallest absolute Gasteiger partial charge is 0.328 e. The van der Waals surface area contributed by atoms with Gasteiger partial charge in [-0.25, -0.2) is 4.79 Å². The van der Waals surface area contributed by atoms with Crippen molar-refractivity contribution in [1.82, 2.24) is 10.6 Å². The Kier molecular flexibility index (Phi) is 32.4. The zero-order valence-corrected chi connectivity index (χ0v) is 30.7. The molecule has 2 amide bonds. The topological polar surface area (TPSA) is 142 Å². The Morgan fingerprint density at radius 3 is 1.88 bits per heavy atom. The minimum atomic E-state index is -1.39. The molecule has 4 N–H and O–H groups in total. The molecule has 0 aromatic heterocycles. The fraction of sp³-hybridized carbons (Fsp3) is 0.700. The van der Waals surface area contributed by atoms with Crippen LogP contribution in [0.15, 0.2) is 48.6 Å². The van der Waals surface area contributed by atoms with Gasteiger partial charge in [-0.05, 0) is 76.7 Å². The zero-order chi connectivity index (χ0) is 36.2. The van der Waals surface area contributed by atoms with Crippen LogP contribution in [-0.2, 0) is 23.9 Å². The molecule has 0 aliphatic heterocycles. The number of carbonyl (C=O) groups excluding carboxylic acids is 3. The molecule has 0 fully saturated rings. The number of ether oxygens (including phenoxy) is 1. The van der Waals surface area contributed by atoms with Gasteiger partial charge in [0.2, 0.25) is 11.8 Å². The third-order valence-corrected chi connectivity index (χ3v) is 8.04. The number of rotatable bonds is 33. The van der Waals surface area contributed by atoms with E-state index in [-0.39, 0.29) is 30.9 Å². The van der Waals surface area contributed by atoms with Crippen LogP contribution in [0.3, 0.4) is 0 Å². The van der Waals surface area contributed by atoms with Crippen molar-refractivity contribution in [3.63, 3.8) is 0 Å². The van der Waals surface area contributed by atoms with Gasteiger partial charge in [0, 0.05) is 12.8 Å². The second-order valence-corrected chi connectivity index (χ2v) is 12.6. The Bertz CT molecular complexity index is 974. The lowest BCUT2D eigenvalue weighted by molar-refractivity contribution is -0.147. The van der Waals surface area contributed by atoms with E-state index in [9.17, 15) is 19.2 Å². The number of allylic oxidation sites excluding steroid dienone is 7. The molecular formula is C40H68N2O7. The molecule has 9 heteroatoms. The van der Waals surface area contributed by atoms with E-state index < -0.39 is 24.5 Å². The van der Waals surface area contributed by atoms with Crippen molar-refractivity contribution >= 4 is 23.8 Å². The number of hydrogen-bond acceptors (Lipinski definition) is 6. The Labute approximate surface area is 297 Å². The molecule has 2 unspecified atom stereocenters. The predicted molar refractivity (Wildman–Crippen MR) is 199 cm³/mol. The number of aliphatic hydroxyl groups excluding tert-OH is 1. The van der Waals surface area contributed by atoms with Crippen LogP contribution in [0.25, 0.3) is 0 Å². The van der Waals surface area contributed by atoms with Gasteiger partial charge in [0.15, 0.2) is 0 Å². The first kappa shape index (κ1) is 45.8. The van der Waals surface area contributed by atoms with E-state index in [0.29, 0.717) is 12.8 Å². The number of carbonyl (C=O) groups is 4. The second-order valence-electron chi connectivity index (χ2n) is 12.6. The molecule has 0 bridgehead atoms. The molecule has 2 atom stereocenters. The Balaban J connectivity index is 4.30. The molecule has 0 rings (SSSR count). The van der Waals surface area contributed by atoms with Crippen LogP contribution >= 0.6 is 0 Å². The number of carboxylic acid groups (broad SMARTS) is 1. The van der Waals surface area contributed by atoms with E-state index in [0.717, 1.165) is 83.5 Å². The first-order chi connectivity index (χ1) is 23.8. The molecule has 0 spiro atoms. The molecule has 9 nitrogen and oxygen atoms in total. The summed E-state index contributed by atoms with van der Waals surface area (Å²) in [5.41, 5.74) is 0. The van der Waals surface area contributed by atoms with Crippen LogP contribution < -0.4 is 10.6 Å². The standard InChI is InChI=1S/C40H68N2O7/c1-3-5-7-9-11-12-13-14-15-16-17-18-20-22-28-32-39(46)49-35(29-25-21-19-10-8-6-4-2)30-26-23-24-27-31-37(44)41-33-38(45)42-36(34-43)40(47)48/h5,7,11-12,14-15,25,29,35-36,43H,3-4,6,8-10,13,16-24,26-28,30-34H2,1-2H3,(H,41,44)(H,42,45)(H,47,48)/b7-5-,12-11-,15-14-,29-25-. The number of esters is 1. The summed E-state index contributed by atoms with van der Waals surface area (Å²) in [5.74, 6) is -2.43. The van der Waals surface area contributed by atoms with E-state index in [1.807, 2.05) is 0 Å². The molecule has 280 valence electrons. The summed E-state index contributed by atoms with van der Waals surface area (Å²) in [4.78, 5) is 47.3. The highest BCUT2D eigenvalue weighted by molar-refractivity contribution is 5.87. The lowest BCUT2D eigenvalue weighted by Gasteiger charge is -2.15. The number of nitrogens with one attached hydrogen (secondary N) is 2. The van der Waals surface area contributed by atoms with Crippen molar-refractivity contribution in [3.05, 3.63) is 48.6 Å². The zero-order valence-electron chi connectivity index (χ0n) is 30.7. The molecule has 0 radical (unpaired) electrons. The monoisotopic (exact) mass is 689 g/mol. The summed E-state index contributed by atoms with van der Waals surface area (Å²) in [6, 6.07) is -1.39. The summed E-state index contributed by atoms with van der Waals surface area (Å²) >= 11 is 0. The molecule has 0 aliphatic rings. The number of aliphatic hydroxyl groups is 1. The summed E-state index contributed by atoms with van der Waals surface area (Å²) in [7, 11) is 0. The van der Waals surface area contributed by atoms with E-state index in [2.05, 4.69) is 73.1 Å². The maximum Gasteiger partial charge on any atom is 0.328 e. The minimum Gasteiger partial charge on any atom is -0.480 e. The summed E-state index contributed by atoms with van der Waals surface area (Å²) in [6.45, 7) is 3.30. The molecular weight excluding hydrogens is 620 g/mol. The molecule has 0 heterocycles. The molecule has 0 aromatic rings. The van der Waals surface area contributed by atoms with Crippen molar-refractivity contribution in [2.75, 3.05) is 13.2 Å². The van der Waals surface area contributed by atoms with Gasteiger partial charge >= 0.3 is 11.9 Å². The second kappa shape index (κ2) is 34.7. The van der Waals surface area contributed by atoms with Crippen molar-refractivity contribution in [1.29, 1.82) is 0 Å². The van der Waals surface area contributed by atoms with Gasteiger partial charge < -0.3 is 25.6 Å². The fourth-order valence-corrected chi connectivity index (χ4v) is 5.11. The van der Waals surface area contributed by atoms with Crippen LogP contribution in [0.2, 0.25) is 0 Å². The highest BCUT2D eigenvalue weighted by Gasteiger charge is 2.18. The maximum absolute atomic E-state index is 12.6. The average molecular weight is 689 g/mol. The van der Waals surface area contributed by atoms with Crippen LogP contribution in [0.5, 0.6) is 0 Å². The summed E-state index contributed by atoms with van der Waals surface area (Å²) < 4.78 is 5.87. The van der Waals surface area contributed by atoms with E-state index in [4.69, 9.17) is 14.9 Å². The molecule has 0 saturated heterocycles. The van der Waals surface area contributed by atoms with Gasteiger partial charge in [-0.3, -0.25) is 14.4 Å². The number of aliphatic carboxylic acids is 1. The highest BCUT2D eigenvalue weighted by atomic mass is 16.5. The van der Waals surface area contributed by atoms with E-state index >= 15 is 0 Å². The first-order valence-corrected chi connectivity index (χ1v) is 19.0. The van der Waals surface area contributed by atoms with Gasteiger partial charge in [0.1, 0.15) is 12.1 Å². The van der Waals surface area contributed by atoms with Crippen molar-refractivity contribution in [2.24, 2.45) is 0 Å². The number of carboxylic acids is 1. The molecule has 49 heavy (non-hydrogen) atoms. The van der Waals surface area contributed by atoms with Gasteiger partial charge in [-0.15, -0.1) is 0 Å². The van der Waals surface area contributed by atoms with E-state index in [1.54, 1.807) is 0 Å². The highest BCUT2D eigenvalue weighted by Crippen LogP contribution is 2.15. The minimum absolute atomic E-state index is 0.131. The van der Waals surface area contributed by atoms with Crippen molar-refractivity contribution in [2.45, 2.75) is 167 Å². The Hall–Kier alpha value is -3.20. The largest absolute Gasteiger partial charge is 0.480 e.